The quantitative estimate of drug-likeness (QED) is 0.643. The number of ketones is 1. The topological polar surface area (TPSA) is 70.0 Å². The van der Waals surface area contributed by atoms with Crippen LogP contribution in [0.1, 0.15) is 24.0 Å². The number of nitrogens with zero attached hydrogens (tertiary/aromatic N) is 1. The predicted octanol–water partition coefficient (Wildman–Crippen LogP) is 3.71. The average molecular weight is 360 g/mol. The smallest absolute Gasteiger partial charge is 0.325 e. The second-order valence-electron chi connectivity index (χ2n) is 5.83. The molecule has 0 bridgehead atoms. The summed E-state index contributed by atoms with van der Waals surface area (Å²) < 4.78 is 64.1. The largest absolute Gasteiger partial charge is 0.458 e. The molecule has 1 aromatic carbocycles. The van der Waals surface area contributed by atoms with E-state index in [9.17, 15) is 31.5 Å². The highest BCUT2D eigenvalue weighted by Gasteiger charge is 2.59. The first-order valence-electron chi connectivity index (χ1n) is 7.29. The molecular formula is C16H13F5N2O2. The monoisotopic (exact) mass is 360 g/mol. The van der Waals surface area contributed by atoms with Crippen molar-refractivity contribution in [2.75, 3.05) is 5.32 Å². The maximum atomic E-state index is 13.4. The van der Waals surface area contributed by atoms with Crippen molar-refractivity contribution in [2.24, 2.45) is 11.8 Å². The molecule has 1 unspecified atom stereocenters. The van der Waals surface area contributed by atoms with Crippen molar-refractivity contribution in [1.29, 1.82) is 5.26 Å². The van der Waals surface area contributed by atoms with Crippen LogP contribution in [0.15, 0.2) is 18.2 Å². The predicted molar refractivity (Wildman–Crippen MR) is 76.6 cm³/mol. The van der Waals surface area contributed by atoms with E-state index in [4.69, 9.17) is 5.26 Å². The van der Waals surface area contributed by atoms with Gasteiger partial charge in [-0.15, -0.1) is 0 Å². The van der Waals surface area contributed by atoms with E-state index in [1.54, 1.807) is 6.07 Å². The van der Waals surface area contributed by atoms with Gasteiger partial charge in [0, 0.05) is 17.2 Å². The van der Waals surface area contributed by atoms with Gasteiger partial charge >= 0.3 is 12.1 Å². The number of anilines is 1. The Balaban J connectivity index is 2.19. The van der Waals surface area contributed by atoms with Crippen molar-refractivity contribution in [3.63, 3.8) is 0 Å². The van der Waals surface area contributed by atoms with E-state index in [0.29, 0.717) is 18.9 Å². The molecule has 134 valence electrons. The van der Waals surface area contributed by atoms with Crippen molar-refractivity contribution >= 4 is 17.4 Å². The molecule has 1 atom stereocenters. The van der Waals surface area contributed by atoms with Crippen LogP contribution in [0.4, 0.5) is 27.6 Å². The Morgan fingerprint density at radius 3 is 2.28 bits per heavy atom. The summed E-state index contributed by atoms with van der Waals surface area (Å²) in [5.41, 5.74) is -1.70. The summed E-state index contributed by atoms with van der Waals surface area (Å²) in [5, 5.41) is 11.2. The minimum absolute atomic E-state index is 0.0759. The molecule has 9 heteroatoms. The molecule has 2 rings (SSSR count). The van der Waals surface area contributed by atoms with Gasteiger partial charge < -0.3 is 5.32 Å². The van der Waals surface area contributed by atoms with E-state index in [0.717, 1.165) is 19.1 Å². The Morgan fingerprint density at radius 1 is 1.24 bits per heavy atom. The van der Waals surface area contributed by atoms with Gasteiger partial charge in [0.05, 0.1) is 6.07 Å². The lowest BCUT2D eigenvalue weighted by Gasteiger charge is -2.22. The van der Waals surface area contributed by atoms with Crippen molar-refractivity contribution in [3.05, 3.63) is 29.3 Å². The highest BCUT2D eigenvalue weighted by Crippen LogP contribution is 2.45. The lowest BCUT2D eigenvalue weighted by Crippen LogP contribution is -2.34. The van der Waals surface area contributed by atoms with Crippen LogP contribution < -0.4 is 5.32 Å². The highest BCUT2D eigenvalue weighted by atomic mass is 19.4. The number of Topliss-reactive ketones (excluding diaryl/α,β-unsaturated/α-hetero) is 1. The molecule has 1 fully saturated rings. The summed E-state index contributed by atoms with van der Waals surface area (Å²) in [6.45, 7) is 1.04. The third-order valence-electron chi connectivity index (χ3n) is 3.84. The van der Waals surface area contributed by atoms with Crippen LogP contribution in [-0.4, -0.2) is 17.9 Å². The van der Waals surface area contributed by atoms with E-state index >= 15 is 0 Å². The number of nitriles is 1. The van der Waals surface area contributed by atoms with Crippen molar-refractivity contribution < 1.29 is 31.5 Å². The van der Waals surface area contributed by atoms with Crippen LogP contribution in [0.25, 0.3) is 0 Å². The molecule has 0 spiro atoms. The molecule has 4 nitrogen and oxygen atoms in total. The Hall–Kier alpha value is -2.50. The molecule has 1 amide bonds. The summed E-state index contributed by atoms with van der Waals surface area (Å²) >= 11 is 0. The SMILES string of the molecule is Cc1cc(NC(=O)C(C#N)C(=O)C2CC2)ccc1C(F)(F)C(F)(F)F. The van der Waals surface area contributed by atoms with Gasteiger partial charge in [0.1, 0.15) is 0 Å². The fourth-order valence-electron chi connectivity index (χ4n) is 2.32. The Labute approximate surface area is 139 Å². The zero-order valence-electron chi connectivity index (χ0n) is 13.0. The molecule has 0 aromatic heterocycles. The minimum atomic E-state index is -5.74. The number of alkyl halides is 5. The van der Waals surface area contributed by atoms with Gasteiger partial charge in [0.2, 0.25) is 5.91 Å². The zero-order chi connectivity index (χ0) is 19.0. The van der Waals surface area contributed by atoms with Crippen LogP contribution in [0.5, 0.6) is 0 Å². The Kier molecular flexibility index (Phi) is 4.84. The fraction of sp³-hybridized carbons (Fsp3) is 0.438. The number of amides is 1. The first kappa shape index (κ1) is 18.8. The van der Waals surface area contributed by atoms with Gasteiger partial charge in [-0.2, -0.15) is 27.2 Å². The third kappa shape index (κ3) is 3.78. The zero-order valence-corrected chi connectivity index (χ0v) is 13.0. The number of carbonyl (C=O) groups excluding carboxylic acids is 2. The number of aryl methyl sites for hydroxylation is 1. The molecular weight excluding hydrogens is 347 g/mol. The normalized spacial score (nSPS) is 16.0. The van der Waals surface area contributed by atoms with Gasteiger partial charge in [0.25, 0.3) is 0 Å². The van der Waals surface area contributed by atoms with Crippen molar-refractivity contribution in [1.82, 2.24) is 0 Å². The number of carbonyl (C=O) groups is 2. The maximum Gasteiger partial charge on any atom is 0.458 e. The van der Waals surface area contributed by atoms with Gasteiger partial charge in [-0.05, 0) is 37.5 Å². The van der Waals surface area contributed by atoms with E-state index in [2.05, 4.69) is 5.32 Å². The molecule has 0 saturated heterocycles. The number of halogens is 5. The van der Waals surface area contributed by atoms with Crippen LogP contribution in [-0.2, 0) is 15.5 Å². The molecule has 0 heterocycles. The molecule has 25 heavy (non-hydrogen) atoms. The van der Waals surface area contributed by atoms with E-state index in [-0.39, 0.29) is 17.2 Å². The molecule has 1 aliphatic rings. The number of nitrogens with one attached hydrogen (secondary N) is 1. The summed E-state index contributed by atoms with van der Waals surface area (Å²) in [5.74, 6) is -8.35. The van der Waals surface area contributed by atoms with E-state index in [1.807, 2.05) is 0 Å². The summed E-state index contributed by atoms with van der Waals surface area (Å²) in [7, 11) is 0. The Morgan fingerprint density at radius 2 is 1.84 bits per heavy atom. The summed E-state index contributed by atoms with van der Waals surface area (Å²) in [4.78, 5) is 23.8. The lowest BCUT2D eigenvalue weighted by atomic mass is 9.99. The molecule has 1 aromatic rings. The van der Waals surface area contributed by atoms with Crippen LogP contribution in [0.3, 0.4) is 0 Å². The fourth-order valence-corrected chi connectivity index (χ4v) is 2.32. The highest BCUT2D eigenvalue weighted by molar-refractivity contribution is 6.10. The van der Waals surface area contributed by atoms with Gasteiger partial charge in [-0.3, -0.25) is 9.59 Å². The second kappa shape index (κ2) is 6.43. The van der Waals surface area contributed by atoms with Gasteiger partial charge in [-0.1, -0.05) is 6.07 Å². The van der Waals surface area contributed by atoms with Crippen LogP contribution in [0.2, 0.25) is 0 Å². The number of hydrogen-bond acceptors (Lipinski definition) is 3. The molecule has 1 aliphatic carbocycles. The first-order chi connectivity index (χ1) is 11.5. The minimum Gasteiger partial charge on any atom is -0.325 e. The van der Waals surface area contributed by atoms with E-state index < -0.39 is 35.3 Å². The molecule has 0 radical (unpaired) electrons. The van der Waals surface area contributed by atoms with Crippen LogP contribution >= 0.6 is 0 Å². The third-order valence-corrected chi connectivity index (χ3v) is 3.84. The van der Waals surface area contributed by atoms with Crippen molar-refractivity contribution in [3.8, 4) is 6.07 Å². The summed E-state index contributed by atoms with van der Waals surface area (Å²) in [6, 6.07) is 3.95. The van der Waals surface area contributed by atoms with Gasteiger partial charge in [0.15, 0.2) is 11.7 Å². The van der Waals surface area contributed by atoms with E-state index in [1.165, 1.54) is 0 Å². The maximum absolute atomic E-state index is 13.4. The molecule has 0 aliphatic heterocycles. The summed E-state index contributed by atoms with van der Waals surface area (Å²) in [6.07, 6.45) is -4.54. The number of hydrogen-bond donors (Lipinski definition) is 1. The standard InChI is InChI=1S/C16H13F5N2O2/c1-8-6-10(4-5-12(8)15(17,18)16(19,20)21)23-14(25)11(7-22)13(24)9-2-3-9/h4-6,9,11H,2-3H2,1H3,(H,23,25). The average Bonchev–Trinajstić information content (AvgIpc) is 3.30. The van der Waals surface area contributed by atoms with Crippen molar-refractivity contribution in [2.45, 2.75) is 31.9 Å². The van der Waals surface area contributed by atoms with Gasteiger partial charge in [-0.25, -0.2) is 0 Å². The first-order valence-corrected chi connectivity index (χ1v) is 7.29. The van der Waals surface area contributed by atoms with Crippen LogP contribution in [0, 0.1) is 30.1 Å². The molecule has 1 saturated carbocycles. The number of benzene rings is 1. The molecule has 1 N–H and O–H groups in total. The number of rotatable bonds is 5. The Bertz CT molecular complexity index is 748. The second-order valence-corrected chi connectivity index (χ2v) is 5.83. The lowest BCUT2D eigenvalue weighted by molar-refractivity contribution is -0.289.